The largest absolute Gasteiger partial charge is 0.506 e. The van der Waals surface area contributed by atoms with Crippen LogP contribution in [0.3, 0.4) is 0 Å². The Morgan fingerprint density at radius 3 is 2.88 bits per heavy atom. The van der Waals surface area contributed by atoms with Gasteiger partial charge in [-0.05, 0) is 30.4 Å². The molecule has 0 saturated heterocycles. The highest BCUT2D eigenvalue weighted by Crippen LogP contribution is 2.23. The van der Waals surface area contributed by atoms with Gasteiger partial charge in [0.1, 0.15) is 5.75 Å². The first-order chi connectivity index (χ1) is 7.63. The predicted octanol–water partition coefficient (Wildman–Crippen LogP) is 3.28. The quantitative estimate of drug-likeness (QED) is 0.822. The van der Waals surface area contributed by atoms with Crippen LogP contribution in [0.5, 0.6) is 5.75 Å². The zero-order chi connectivity index (χ0) is 12.0. The van der Waals surface area contributed by atoms with E-state index in [1.165, 1.54) is 0 Å². The first kappa shape index (κ1) is 13.7. The fraction of sp³-hybridized carbons (Fsp3) is 0.500. The third-order valence-electron chi connectivity index (χ3n) is 2.24. The van der Waals surface area contributed by atoms with Crippen LogP contribution >= 0.6 is 23.4 Å². The van der Waals surface area contributed by atoms with Gasteiger partial charge in [-0.3, -0.25) is 0 Å². The molecule has 2 nitrogen and oxygen atoms in total. The van der Waals surface area contributed by atoms with Crippen LogP contribution in [0.4, 0.5) is 0 Å². The summed E-state index contributed by atoms with van der Waals surface area (Å²) in [6.45, 7) is 5.12. The van der Waals surface area contributed by atoms with Crippen LogP contribution in [-0.4, -0.2) is 22.7 Å². The summed E-state index contributed by atoms with van der Waals surface area (Å²) < 4.78 is 0. The summed E-state index contributed by atoms with van der Waals surface area (Å²) in [4.78, 5) is 0. The first-order valence-electron chi connectivity index (χ1n) is 5.42. The lowest BCUT2D eigenvalue weighted by molar-refractivity contribution is 0.475. The summed E-state index contributed by atoms with van der Waals surface area (Å²) in [5.74, 6) is 2.40. The number of phenolic OH excluding ortho intramolecular Hbond substituents is 1. The molecule has 0 radical (unpaired) electrons. The molecule has 0 amide bonds. The summed E-state index contributed by atoms with van der Waals surface area (Å²) in [5.41, 5.74) is 1.09. The molecule has 1 aromatic carbocycles. The highest BCUT2D eigenvalue weighted by molar-refractivity contribution is 7.99. The van der Waals surface area contributed by atoms with Gasteiger partial charge in [-0.2, -0.15) is 11.8 Å². The minimum Gasteiger partial charge on any atom is -0.506 e. The average molecular weight is 260 g/mol. The van der Waals surface area contributed by atoms with E-state index in [1.807, 2.05) is 17.8 Å². The zero-order valence-corrected chi connectivity index (χ0v) is 11.2. The van der Waals surface area contributed by atoms with Crippen molar-refractivity contribution in [3.8, 4) is 5.75 Å². The molecule has 1 atom stereocenters. The molecule has 0 aromatic heterocycles. The van der Waals surface area contributed by atoms with Crippen LogP contribution in [-0.2, 0) is 6.54 Å². The van der Waals surface area contributed by atoms with Crippen LogP contribution in [0, 0.1) is 0 Å². The van der Waals surface area contributed by atoms with Gasteiger partial charge in [0.2, 0.25) is 0 Å². The maximum atomic E-state index is 9.28. The summed E-state index contributed by atoms with van der Waals surface area (Å²) in [7, 11) is 0. The SMILES string of the molecule is CCSCC(C)NCc1ccc(O)c(Cl)c1. The van der Waals surface area contributed by atoms with Crippen molar-refractivity contribution >= 4 is 23.4 Å². The lowest BCUT2D eigenvalue weighted by Crippen LogP contribution is -2.27. The van der Waals surface area contributed by atoms with Crippen molar-refractivity contribution in [3.05, 3.63) is 28.8 Å². The second-order valence-corrected chi connectivity index (χ2v) is 5.45. The second kappa shape index (κ2) is 7.05. The molecule has 1 rings (SSSR count). The van der Waals surface area contributed by atoms with Gasteiger partial charge in [-0.15, -0.1) is 0 Å². The minimum atomic E-state index is 0.139. The molecule has 0 heterocycles. The number of halogens is 1. The van der Waals surface area contributed by atoms with Gasteiger partial charge in [0.15, 0.2) is 0 Å². The smallest absolute Gasteiger partial charge is 0.134 e. The summed E-state index contributed by atoms with van der Waals surface area (Å²) in [6.07, 6.45) is 0. The van der Waals surface area contributed by atoms with E-state index in [4.69, 9.17) is 11.6 Å². The molecule has 0 saturated carbocycles. The first-order valence-corrected chi connectivity index (χ1v) is 6.95. The van der Waals surface area contributed by atoms with Gasteiger partial charge in [0.25, 0.3) is 0 Å². The summed E-state index contributed by atoms with van der Waals surface area (Å²) in [6, 6.07) is 5.79. The second-order valence-electron chi connectivity index (χ2n) is 3.73. The molecule has 2 N–H and O–H groups in total. The Morgan fingerprint density at radius 2 is 2.25 bits per heavy atom. The summed E-state index contributed by atoms with van der Waals surface area (Å²) in [5, 5.41) is 13.1. The third-order valence-corrected chi connectivity index (χ3v) is 3.69. The Kier molecular flexibility index (Phi) is 6.03. The minimum absolute atomic E-state index is 0.139. The fourth-order valence-corrected chi connectivity index (χ4v) is 2.22. The Balaban J connectivity index is 2.39. The molecule has 4 heteroatoms. The van der Waals surface area contributed by atoms with Crippen molar-refractivity contribution in [1.29, 1.82) is 0 Å². The molecule has 0 aliphatic heterocycles. The number of nitrogens with one attached hydrogen (secondary N) is 1. The van der Waals surface area contributed by atoms with Crippen LogP contribution in [0.2, 0.25) is 5.02 Å². The monoisotopic (exact) mass is 259 g/mol. The average Bonchev–Trinajstić information content (AvgIpc) is 2.28. The van der Waals surface area contributed by atoms with E-state index < -0.39 is 0 Å². The Hall–Kier alpha value is -0.380. The Labute approximate surface area is 106 Å². The van der Waals surface area contributed by atoms with Crippen molar-refractivity contribution in [2.24, 2.45) is 0 Å². The molecule has 90 valence electrons. The van der Waals surface area contributed by atoms with E-state index >= 15 is 0 Å². The number of rotatable bonds is 6. The molecular formula is C12H18ClNOS. The van der Waals surface area contributed by atoms with E-state index in [0.717, 1.165) is 23.6 Å². The number of thioether (sulfide) groups is 1. The van der Waals surface area contributed by atoms with Gasteiger partial charge < -0.3 is 10.4 Å². The molecule has 0 fully saturated rings. The van der Waals surface area contributed by atoms with Crippen molar-refractivity contribution in [1.82, 2.24) is 5.32 Å². The lowest BCUT2D eigenvalue weighted by Gasteiger charge is -2.13. The van der Waals surface area contributed by atoms with Crippen molar-refractivity contribution < 1.29 is 5.11 Å². The maximum Gasteiger partial charge on any atom is 0.134 e. The van der Waals surface area contributed by atoms with Gasteiger partial charge in [-0.25, -0.2) is 0 Å². The normalized spacial score (nSPS) is 12.7. The van der Waals surface area contributed by atoms with E-state index in [2.05, 4.69) is 19.2 Å². The highest BCUT2D eigenvalue weighted by atomic mass is 35.5. The fourth-order valence-electron chi connectivity index (χ4n) is 1.31. The predicted molar refractivity (Wildman–Crippen MR) is 72.4 cm³/mol. The van der Waals surface area contributed by atoms with Crippen LogP contribution in [0.15, 0.2) is 18.2 Å². The molecule has 0 aliphatic carbocycles. The standard InChI is InChI=1S/C12H18ClNOS/c1-3-16-8-9(2)14-7-10-4-5-12(15)11(13)6-10/h4-6,9,14-15H,3,7-8H2,1-2H3. The van der Waals surface area contributed by atoms with Crippen molar-refractivity contribution in [2.45, 2.75) is 26.4 Å². The maximum absolute atomic E-state index is 9.28. The lowest BCUT2D eigenvalue weighted by atomic mass is 10.2. The highest BCUT2D eigenvalue weighted by Gasteiger charge is 2.03. The number of aromatic hydroxyl groups is 1. The van der Waals surface area contributed by atoms with Gasteiger partial charge in [0, 0.05) is 18.3 Å². The molecular weight excluding hydrogens is 242 g/mol. The zero-order valence-electron chi connectivity index (χ0n) is 9.66. The van der Waals surface area contributed by atoms with E-state index in [-0.39, 0.29) is 5.75 Å². The molecule has 16 heavy (non-hydrogen) atoms. The van der Waals surface area contributed by atoms with Crippen LogP contribution in [0.25, 0.3) is 0 Å². The van der Waals surface area contributed by atoms with Crippen molar-refractivity contribution in [3.63, 3.8) is 0 Å². The summed E-state index contributed by atoms with van der Waals surface area (Å²) >= 11 is 7.76. The number of phenols is 1. The molecule has 0 bridgehead atoms. The topological polar surface area (TPSA) is 32.3 Å². The molecule has 0 spiro atoms. The Bertz CT molecular complexity index is 333. The number of hydrogen-bond acceptors (Lipinski definition) is 3. The molecule has 0 aliphatic rings. The van der Waals surface area contributed by atoms with E-state index in [0.29, 0.717) is 11.1 Å². The third kappa shape index (κ3) is 4.64. The Morgan fingerprint density at radius 1 is 1.50 bits per heavy atom. The van der Waals surface area contributed by atoms with Crippen molar-refractivity contribution in [2.75, 3.05) is 11.5 Å². The van der Waals surface area contributed by atoms with Gasteiger partial charge in [-0.1, -0.05) is 24.6 Å². The molecule has 1 aromatic rings. The van der Waals surface area contributed by atoms with Crippen LogP contribution in [0.1, 0.15) is 19.4 Å². The number of hydrogen-bond donors (Lipinski definition) is 2. The molecule has 1 unspecified atom stereocenters. The van der Waals surface area contributed by atoms with Gasteiger partial charge in [0.05, 0.1) is 5.02 Å². The van der Waals surface area contributed by atoms with E-state index in [1.54, 1.807) is 12.1 Å². The van der Waals surface area contributed by atoms with Crippen LogP contribution < -0.4 is 5.32 Å². The van der Waals surface area contributed by atoms with E-state index in [9.17, 15) is 5.11 Å². The van der Waals surface area contributed by atoms with Gasteiger partial charge >= 0.3 is 0 Å². The number of benzene rings is 1.